The van der Waals surface area contributed by atoms with Gasteiger partial charge < -0.3 is 20.5 Å². The fraction of sp³-hybridized carbons (Fsp3) is 0.600. The van der Waals surface area contributed by atoms with Crippen LogP contribution in [0.3, 0.4) is 0 Å². The quantitative estimate of drug-likeness (QED) is 0.710. The zero-order valence-corrected chi connectivity index (χ0v) is 12.4. The van der Waals surface area contributed by atoms with E-state index in [4.69, 9.17) is 15.2 Å². The number of nitrogens with one attached hydrogen (secondary N) is 1. The van der Waals surface area contributed by atoms with Crippen LogP contribution in [0.5, 0.6) is 5.75 Å². The van der Waals surface area contributed by atoms with Crippen molar-refractivity contribution < 1.29 is 9.47 Å². The summed E-state index contributed by atoms with van der Waals surface area (Å²) in [6, 6.07) is 6.06. The second kappa shape index (κ2) is 7.89. The van der Waals surface area contributed by atoms with Crippen molar-refractivity contribution in [3.63, 3.8) is 0 Å². The summed E-state index contributed by atoms with van der Waals surface area (Å²) >= 11 is 0. The summed E-state index contributed by atoms with van der Waals surface area (Å²) in [5, 5.41) is 3.48. The first-order valence-corrected chi connectivity index (χ1v) is 6.95. The number of benzene rings is 1. The standard InChI is InChI=1S/C15H26N2O2/c1-5-18-10-14(11(3)4)17-12-7-8-13(16)15(9-12)19-6-2/h7-9,11,14,17H,5-6,10,16H2,1-4H3. The van der Waals surface area contributed by atoms with E-state index >= 15 is 0 Å². The van der Waals surface area contributed by atoms with Gasteiger partial charge in [-0.05, 0) is 31.9 Å². The van der Waals surface area contributed by atoms with E-state index in [1.807, 2.05) is 32.0 Å². The van der Waals surface area contributed by atoms with Gasteiger partial charge in [-0.3, -0.25) is 0 Å². The molecule has 0 saturated carbocycles. The maximum absolute atomic E-state index is 5.87. The van der Waals surface area contributed by atoms with Crippen molar-refractivity contribution in [2.24, 2.45) is 5.92 Å². The van der Waals surface area contributed by atoms with Gasteiger partial charge in [0.2, 0.25) is 0 Å². The summed E-state index contributed by atoms with van der Waals surface area (Å²) in [7, 11) is 0. The average Bonchev–Trinajstić information content (AvgIpc) is 2.38. The summed E-state index contributed by atoms with van der Waals surface area (Å²) < 4.78 is 11.0. The van der Waals surface area contributed by atoms with Gasteiger partial charge in [-0.2, -0.15) is 0 Å². The minimum Gasteiger partial charge on any atom is -0.492 e. The molecule has 1 rings (SSSR count). The molecular weight excluding hydrogens is 240 g/mol. The highest BCUT2D eigenvalue weighted by Crippen LogP contribution is 2.26. The zero-order chi connectivity index (χ0) is 14.3. The van der Waals surface area contributed by atoms with Crippen molar-refractivity contribution in [3.05, 3.63) is 18.2 Å². The Morgan fingerprint density at radius 3 is 2.53 bits per heavy atom. The van der Waals surface area contributed by atoms with Crippen LogP contribution in [-0.4, -0.2) is 25.9 Å². The number of hydrogen-bond acceptors (Lipinski definition) is 4. The Balaban J connectivity index is 2.75. The van der Waals surface area contributed by atoms with Crippen molar-refractivity contribution in [2.75, 3.05) is 30.9 Å². The van der Waals surface area contributed by atoms with Crippen LogP contribution in [0.4, 0.5) is 11.4 Å². The van der Waals surface area contributed by atoms with Crippen LogP contribution in [0, 0.1) is 5.92 Å². The molecule has 3 N–H and O–H groups in total. The smallest absolute Gasteiger partial charge is 0.144 e. The van der Waals surface area contributed by atoms with Crippen LogP contribution in [0.25, 0.3) is 0 Å². The molecule has 1 aromatic carbocycles. The largest absolute Gasteiger partial charge is 0.492 e. The first kappa shape index (κ1) is 15.6. The third-order valence-electron chi connectivity index (χ3n) is 2.97. The van der Waals surface area contributed by atoms with Gasteiger partial charge in [0.1, 0.15) is 5.75 Å². The van der Waals surface area contributed by atoms with E-state index in [0.717, 1.165) is 18.0 Å². The SMILES string of the molecule is CCOCC(Nc1ccc(N)c(OCC)c1)C(C)C. The van der Waals surface area contributed by atoms with Crippen molar-refractivity contribution in [1.29, 1.82) is 0 Å². The highest BCUT2D eigenvalue weighted by atomic mass is 16.5. The lowest BCUT2D eigenvalue weighted by Gasteiger charge is -2.23. The van der Waals surface area contributed by atoms with Gasteiger partial charge in [0.25, 0.3) is 0 Å². The molecule has 0 heterocycles. The fourth-order valence-electron chi connectivity index (χ4n) is 1.76. The average molecular weight is 266 g/mol. The van der Waals surface area contributed by atoms with Gasteiger partial charge in [-0.15, -0.1) is 0 Å². The number of nitrogens with two attached hydrogens (primary N) is 1. The molecule has 0 amide bonds. The Morgan fingerprint density at radius 1 is 1.21 bits per heavy atom. The molecule has 0 aliphatic rings. The third kappa shape index (κ3) is 4.99. The van der Waals surface area contributed by atoms with Crippen LogP contribution in [0.15, 0.2) is 18.2 Å². The Hall–Kier alpha value is -1.42. The van der Waals surface area contributed by atoms with Crippen molar-refractivity contribution in [3.8, 4) is 5.75 Å². The summed E-state index contributed by atoms with van der Waals surface area (Å²) in [4.78, 5) is 0. The molecule has 1 aromatic rings. The number of hydrogen-bond donors (Lipinski definition) is 2. The number of ether oxygens (including phenoxy) is 2. The second-order valence-electron chi connectivity index (χ2n) is 4.84. The van der Waals surface area contributed by atoms with Crippen molar-refractivity contribution in [1.82, 2.24) is 0 Å². The summed E-state index contributed by atoms with van der Waals surface area (Å²) in [6.07, 6.45) is 0. The zero-order valence-electron chi connectivity index (χ0n) is 12.4. The monoisotopic (exact) mass is 266 g/mol. The Bertz CT molecular complexity index is 380. The van der Waals surface area contributed by atoms with E-state index in [1.165, 1.54) is 0 Å². The van der Waals surface area contributed by atoms with Crippen LogP contribution < -0.4 is 15.8 Å². The third-order valence-corrected chi connectivity index (χ3v) is 2.97. The summed E-state index contributed by atoms with van der Waals surface area (Å²) in [6.45, 7) is 10.4. The van der Waals surface area contributed by atoms with E-state index in [1.54, 1.807) is 0 Å². The van der Waals surface area contributed by atoms with E-state index in [0.29, 0.717) is 24.8 Å². The van der Waals surface area contributed by atoms with Crippen LogP contribution in [0.2, 0.25) is 0 Å². The molecule has 4 nitrogen and oxygen atoms in total. The highest BCUT2D eigenvalue weighted by molar-refractivity contribution is 5.61. The molecule has 0 aliphatic heterocycles. The molecule has 0 radical (unpaired) electrons. The molecule has 0 spiro atoms. The highest BCUT2D eigenvalue weighted by Gasteiger charge is 2.14. The summed E-state index contributed by atoms with van der Waals surface area (Å²) in [5.41, 5.74) is 7.54. The van der Waals surface area contributed by atoms with E-state index in [9.17, 15) is 0 Å². The van der Waals surface area contributed by atoms with Gasteiger partial charge >= 0.3 is 0 Å². The second-order valence-corrected chi connectivity index (χ2v) is 4.84. The molecule has 1 atom stereocenters. The lowest BCUT2D eigenvalue weighted by atomic mass is 10.0. The molecule has 0 aliphatic carbocycles. The topological polar surface area (TPSA) is 56.5 Å². The Morgan fingerprint density at radius 2 is 1.95 bits per heavy atom. The van der Waals surface area contributed by atoms with Gasteiger partial charge in [-0.25, -0.2) is 0 Å². The minimum atomic E-state index is 0.276. The van der Waals surface area contributed by atoms with E-state index in [-0.39, 0.29) is 6.04 Å². The first-order valence-electron chi connectivity index (χ1n) is 6.95. The minimum absolute atomic E-state index is 0.276. The van der Waals surface area contributed by atoms with Gasteiger partial charge in [0.05, 0.1) is 24.9 Å². The van der Waals surface area contributed by atoms with Crippen LogP contribution in [-0.2, 0) is 4.74 Å². The molecular formula is C15H26N2O2. The maximum atomic E-state index is 5.87. The first-order chi connectivity index (χ1) is 9.08. The van der Waals surface area contributed by atoms with E-state index < -0.39 is 0 Å². The molecule has 4 heteroatoms. The van der Waals surface area contributed by atoms with Crippen LogP contribution in [0.1, 0.15) is 27.7 Å². The van der Waals surface area contributed by atoms with Gasteiger partial charge in [-0.1, -0.05) is 13.8 Å². The normalized spacial score (nSPS) is 12.5. The molecule has 0 aromatic heterocycles. The Kier molecular flexibility index (Phi) is 6.50. The fourth-order valence-corrected chi connectivity index (χ4v) is 1.76. The van der Waals surface area contributed by atoms with Gasteiger partial charge in [0, 0.05) is 18.4 Å². The Labute approximate surface area is 116 Å². The van der Waals surface area contributed by atoms with E-state index in [2.05, 4.69) is 19.2 Å². The van der Waals surface area contributed by atoms with Crippen molar-refractivity contribution >= 4 is 11.4 Å². The number of rotatable bonds is 8. The predicted molar refractivity (Wildman–Crippen MR) is 80.8 cm³/mol. The van der Waals surface area contributed by atoms with Crippen molar-refractivity contribution in [2.45, 2.75) is 33.7 Å². The summed E-state index contributed by atoms with van der Waals surface area (Å²) in [5.74, 6) is 1.21. The number of nitrogen functional groups attached to an aromatic ring is 1. The lowest BCUT2D eigenvalue weighted by molar-refractivity contribution is 0.127. The molecule has 1 unspecified atom stereocenters. The molecule has 0 saturated heterocycles. The predicted octanol–water partition coefficient (Wildman–Crippen LogP) is 3.14. The molecule has 19 heavy (non-hydrogen) atoms. The maximum Gasteiger partial charge on any atom is 0.144 e. The molecule has 0 fully saturated rings. The van der Waals surface area contributed by atoms with Crippen LogP contribution >= 0.6 is 0 Å². The molecule has 0 bridgehead atoms. The molecule has 108 valence electrons. The van der Waals surface area contributed by atoms with Gasteiger partial charge in [0.15, 0.2) is 0 Å². The number of anilines is 2. The lowest BCUT2D eigenvalue weighted by Crippen LogP contribution is -2.30.